The molecule has 0 unspecified atom stereocenters. The van der Waals surface area contributed by atoms with E-state index in [-0.39, 0.29) is 21.2 Å². The molecule has 0 fully saturated rings. The van der Waals surface area contributed by atoms with Gasteiger partial charge in [0.05, 0.1) is 22.5 Å². The first-order valence-electron chi connectivity index (χ1n) is 7.40. The monoisotopic (exact) mass is 412 g/mol. The van der Waals surface area contributed by atoms with E-state index in [1.165, 1.54) is 36.4 Å². The Morgan fingerprint density at radius 3 is 1.63 bits per heavy atom. The molecule has 0 aliphatic rings. The number of hydrogen-bond donors (Lipinski definition) is 2. The van der Waals surface area contributed by atoms with Crippen molar-refractivity contribution < 1.29 is 18.4 Å². The van der Waals surface area contributed by atoms with Crippen LogP contribution in [-0.2, 0) is 9.59 Å². The molecule has 2 aromatic rings. The van der Waals surface area contributed by atoms with Gasteiger partial charge >= 0.3 is 0 Å². The molecule has 0 saturated carbocycles. The third kappa shape index (κ3) is 6.12. The molecule has 0 aliphatic carbocycles. The molecule has 2 amide bonds. The Morgan fingerprint density at radius 1 is 0.852 bits per heavy atom. The van der Waals surface area contributed by atoms with Gasteiger partial charge in [0.15, 0.2) is 0 Å². The average Bonchev–Trinajstić information content (AvgIpc) is 2.60. The van der Waals surface area contributed by atoms with Crippen LogP contribution in [0, 0.1) is 11.6 Å². The third-order valence-corrected chi connectivity index (χ3v) is 3.75. The number of hydrogen-bond acceptors (Lipinski definition) is 4. The minimum Gasteiger partial charge on any atom is -0.273 e. The van der Waals surface area contributed by atoms with Crippen molar-refractivity contribution in [1.82, 2.24) is 10.9 Å². The molecule has 0 atom stereocenters. The zero-order valence-electron chi connectivity index (χ0n) is 13.5. The van der Waals surface area contributed by atoms with Crippen molar-refractivity contribution >= 4 is 47.4 Å². The number of rotatable bonds is 6. The summed E-state index contributed by atoms with van der Waals surface area (Å²) < 4.78 is 27.0. The number of nitrogens with zero attached hydrogens (tertiary/aromatic N) is 2. The highest BCUT2D eigenvalue weighted by Gasteiger charge is 2.09. The van der Waals surface area contributed by atoms with Crippen molar-refractivity contribution in [2.24, 2.45) is 10.2 Å². The first-order chi connectivity index (χ1) is 12.9. The minimum absolute atomic E-state index is 0.00437. The summed E-state index contributed by atoms with van der Waals surface area (Å²) in [6, 6.07) is 8.13. The molecule has 0 aromatic heterocycles. The van der Waals surface area contributed by atoms with Crippen molar-refractivity contribution in [1.29, 1.82) is 0 Å². The van der Waals surface area contributed by atoms with E-state index in [0.29, 0.717) is 0 Å². The highest BCUT2D eigenvalue weighted by molar-refractivity contribution is 6.33. The number of nitrogens with one attached hydrogen (secondary N) is 2. The molecule has 6 nitrogen and oxygen atoms in total. The lowest BCUT2D eigenvalue weighted by molar-refractivity contribution is -0.129. The lowest BCUT2D eigenvalue weighted by Crippen LogP contribution is -2.27. The summed E-state index contributed by atoms with van der Waals surface area (Å²) in [4.78, 5) is 23.2. The third-order valence-electron chi connectivity index (χ3n) is 3.09. The van der Waals surface area contributed by atoms with Crippen LogP contribution in [0.4, 0.5) is 8.78 Å². The van der Waals surface area contributed by atoms with Crippen LogP contribution in [0.5, 0.6) is 0 Å². The highest BCUT2D eigenvalue weighted by atomic mass is 35.5. The largest absolute Gasteiger partial charge is 0.273 e. The standard InChI is InChI=1S/C17H12Cl2F2N4O2/c18-12-3-1-5-14(20)10(12)8-22-24-16(26)7-17(27)25-23-9-11-13(19)4-2-6-15(11)21/h1-6,8-9H,7H2,(H,24,26)(H,25,27). The molecule has 0 aliphatic heterocycles. The van der Waals surface area contributed by atoms with Crippen LogP contribution < -0.4 is 10.9 Å². The van der Waals surface area contributed by atoms with E-state index < -0.39 is 29.9 Å². The zero-order valence-corrected chi connectivity index (χ0v) is 15.1. The molecule has 27 heavy (non-hydrogen) atoms. The van der Waals surface area contributed by atoms with E-state index in [1.54, 1.807) is 0 Å². The number of carbonyl (C=O) groups excluding carboxylic acids is 2. The summed E-state index contributed by atoms with van der Waals surface area (Å²) in [5.41, 5.74) is 4.10. The van der Waals surface area contributed by atoms with Crippen LogP contribution >= 0.6 is 23.2 Å². The van der Waals surface area contributed by atoms with Crippen LogP contribution in [-0.4, -0.2) is 24.2 Å². The maximum Gasteiger partial charge on any atom is 0.249 e. The quantitative estimate of drug-likeness (QED) is 0.433. The second-order valence-electron chi connectivity index (χ2n) is 5.03. The van der Waals surface area contributed by atoms with Gasteiger partial charge in [-0.15, -0.1) is 0 Å². The van der Waals surface area contributed by atoms with Gasteiger partial charge in [0, 0.05) is 11.1 Å². The van der Waals surface area contributed by atoms with E-state index in [4.69, 9.17) is 23.2 Å². The van der Waals surface area contributed by atoms with Gasteiger partial charge in [-0.25, -0.2) is 19.6 Å². The van der Waals surface area contributed by atoms with Crippen LogP contribution in [0.2, 0.25) is 10.0 Å². The van der Waals surface area contributed by atoms with Crippen molar-refractivity contribution in [3.8, 4) is 0 Å². The Bertz CT molecular complexity index is 806. The molecule has 2 N–H and O–H groups in total. The second kappa shape index (κ2) is 9.75. The second-order valence-corrected chi connectivity index (χ2v) is 5.85. The first-order valence-corrected chi connectivity index (χ1v) is 8.16. The lowest BCUT2D eigenvalue weighted by Gasteiger charge is -2.02. The Hall–Kier alpha value is -2.84. The van der Waals surface area contributed by atoms with Crippen LogP contribution in [0.15, 0.2) is 46.6 Å². The summed E-state index contributed by atoms with van der Waals surface area (Å²) in [6.45, 7) is 0. The fourth-order valence-corrected chi connectivity index (χ4v) is 2.25. The average molecular weight is 413 g/mol. The summed E-state index contributed by atoms with van der Waals surface area (Å²) >= 11 is 11.6. The van der Waals surface area contributed by atoms with Crippen LogP contribution in [0.3, 0.4) is 0 Å². The van der Waals surface area contributed by atoms with Crippen molar-refractivity contribution in [2.45, 2.75) is 6.42 Å². The van der Waals surface area contributed by atoms with E-state index in [1.807, 2.05) is 0 Å². The minimum atomic E-state index is -0.768. The molecule has 0 bridgehead atoms. The number of amides is 2. The summed E-state index contributed by atoms with van der Waals surface area (Å²) in [5.74, 6) is -2.76. The Labute approximate surface area is 162 Å². The number of halogens is 4. The normalized spacial score (nSPS) is 11.1. The fraction of sp³-hybridized carbons (Fsp3) is 0.0588. The van der Waals surface area contributed by atoms with Crippen molar-refractivity contribution in [3.05, 3.63) is 69.2 Å². The topological polar surface area (TPSA) is 82.9 Å². The van der Waals surface area contributed by atoms with Gasteiger partial charge in [-0.05, 0) is 24.3 Å². The molecule has 2 aromatic carbocycles. The van der Waals surface area contributed by atoms with Gasteiger partial charge < -0.3 is 0 Å². The zero-order chi connectivity index (χ0) is 19.8. The van der Waals surface area contributed by atoms with Gasteiger partial charge in [0.25, 0.3) is 0 Å². The van der Waals surface area contributed by atoms with Crippen molar-refractivity contribution in [2.75, 3.05) is 0 Å². The Balaban J connectivity index is 1.84. The molecule has 2 rings (SSSR count). The van der Waals surface area contributed by atoms with Crippen LogP contribution in [0.25, 0.3) is 0 Å². The summed E-state index contributed by atoms with van der Waals surface area (Å²) in [5, 5.41) is 7.30. The molecule has 0 saturated heterocycles. The highest BCUT2D eigenvalue weighted by Crippen LogP contribution is 2.17. The van der Waals surface area contributed by atoms with E-state index in [2.05, 4.69) is 21.1 Å². The van der Waals surface area contributed by atoms with E-state index in [0.717, 1.165) is 12.4 Å². The van der Waals surface area contributed by atoms with Crippen LogP contribution in [0.1, 0.15) is 17.5 Å². The molecule has 140 valence electrons. The molecule has 0 heterocycles. The molecule has 0 spiro atoms. The smallest absolute Gasteiger partial charge is 0.249 e. The van der Waals surface area contributed by atoms with Gasteiger partial charge in [-0.2, -0.15) is 10.2 Å². The Kier molecular flexibility index (Phi) is 7.39. The van der Waals surface area contributed by atoms with Gasteiger partial charge in [-0.1, -0.05) is 35.3 Å². The number of benzene rings is 2. The van der Waals surface area contributed by atoms with Crippen molar-refractivity contribution in [3.63, 3.8) is 0 Å². The van der Waals surface area contributed by atoms with Gasteiger partial charge in [0.1, 0.15) is 18.1 Å². The number of carbonyl (C=O) groups is 2. The maximum atomic E-state index is 13.5. The van der Waals surface area contributed by atoms with Gasteiger partial charge in [0.2, 0.25) is 11.8 Å². The van der Waals surface area contributed by atoms with Gasteiger partial charge in [-0.3, -0.25) is 9.59 Å². The molecule has 0 radical (unpaired) electrons. The summed E-state index contributed by atoms with van der Waals surface area (Å²) in [6.07, 6.45) is 1.43. The summed E-state index contributed by atoms with van der Waals surface area (Å²) in [7, 11) is 0. The molecular weight excluding hydrogens is 401 g/mol. The Morgan fingerprint density at radius 2 is 1.26 bits per heavy atom. The van der Waals surface area contributed by atoms with E-state index in [9.17, 15) is 18.4 Å². The fourth-order valence-electron chi connectivity index (χ4n) is 1.83. The lowest BCUT2D eigenvalue weighted by atomic mass is 10.2. The molecular formula is C17H12Cl2F2N4O2. The van der Waals surface area contributed by atoms with E-state index >= 15 is 0 Å². The maximum absolute atomic E-state index is 13.5. The SMILES string of the molecule is O=C(CC(=O)NN=Cc1c(F)cccc1Cl)NN=Cc1c(F)cccc1Cl. The molecule has 10 heteroatoms. The number of hydrazone groups is 2. The predicted octanol–water partition coefficient (Wildman–Crippen LogP) is 3.26. The predicted molar refractivity (Wildman–Crippen MR) is 98.9 cm³/mol. The first kappa shape index (κ1) is 20.5.